The van der Waals surface area contributed by atoms with E-state index in [1.54, 1.807) is 36.7 Å². The fourth-order valence-corrected chi connectivity index (χ4v) is 1.88. The molecule has 2 aromatic rings. The standard InChI is InChI=1S/C14H12N2O3/c17-11(9-14-15-4-1-5-16-14)10-2-3-12-13(8-10)19-7-6-18-12/h1-5,8H,6-7,9H2. The van der Waals surface area contributed by atoms with Gasteiger partial charge in [-0.25, -0.2) is 9.97 Å². The molecule has 0 saturated carbocycles. The molecule has 0 amide bonds. The minimum Gasteiger partial charge on any atom is -0.486 e. The van der Waals surface area contributed by atoms with Crippen molar-refractivity contribution in [1.29, 1.82) is 0 Å². The van der Waals surface area contributed by atoms with Crippen LogP contribution in [0.15, 0.2) is 36.7 Å². The highest BCUT2D eigenvalue weighted by molar-refractivity contribution is 5.97. The van der Waals surface area contributed by atoms with Crippen molar-refractivity contribution in [2.24, 2.45) is 0 Å². The summed E-state index contributed by atoms with van der Waals surface area (Å²) in [7, 11) is 0. The van der Waals surface area contributed by atoms with Crippen LogP contribution in [0.2, 0.25) is 0 Å². The number of aromatic nitrogens is 2. The number of benzene rings is 1. The van der Waals surface area contributed by atoms with Crippen molar-refractivity contribution in [2.45, 2.75) is 6.42 Å². The van der Waals surface area contributed by atoms with E-state index in [1.807, 2.05) is 0 Å². The Morgan fingerprint density at radius 3 is 2.63 bits per heavy atom. The number of rotatable bonds is 3. The lowest BCUT2D eigenvalue weighted by Gasteiger charge is -2.18. The van der Waals surface area contributed by atoms with Crippen molar-refractivity contribution in [3.8, 4) is 11.5 Å². The molecular formula is C14H12N2O3. The number of fused-ring (bicyclic) bond motifs is 1. The van der Waals surface area contributed by atoms with Gasteiger partial charge in [0.05, 0.1) is 6.42 Å². The average molecular weight is 256 g/mol. The first-order valence-corrected chi connectivity index (χ1v) is 6.02. The van der Waals surface area contributed by atoms with E-state index in [2.05, 4.69) is 9.97 Å². The van der Waals surface area contributed by atoms with Crippen LogP contribution in [0, 0.1) is 0 Å². The molecule has 0 saturated heterocycles. The fraction of sp³-hybridized carbons (Fsp3) is 0.214. The molecule has 0 aliphatic carbocycles. The molecule has 5 nitrogen and oxygen atoms in total. The molecule has 0 fully saturated rings. The third kappa shape index (κ3) is 2.54. The maximum atomic E-state index is 12.1. The van der Waals surface area contributed by atoms with Crippen LogP contribution in [0.25, 0.3) is 0 Å². The molecule has 5 heteroatoms. The van der Waals surface area contributed by atoms with Crippen molar-refractivity contribution < 1.29 is 14.3 Å². The number of ketones is 1. The molecule has 0 unspecified atom stereocenters. The van der Waals surface area contributed by atoms with Gasteiger partial charge in [-0.2, -0.15) is 0 Å². The Bertz CT molecular complexity index is 599. The first-order chi connectivity index (χ1) is 9.33. The predicted molar refractivity (Wildman–Crippen MR) is 67.5 cm³/mol. The summed E-state index contributed by atoms with van der Waals surface area (Å²) >= 11 is 0. The Hall–Kier alpha value is -2.43. The zero-order valence-corrected chi connectivity index (χ0v) is 10.2. The van der Waals surface area contributed by atoms with Gasteiger partial charge in [-0.05, 0) is 24.3 Å². The first kappa shape index (κ1) is 11.6. The Morgan fingerprint density at radius 1 is 1.11 bits per heavy atom. The second-order valence-electron chi connectivity index (χ2n) is 4.12. The molecule has 96 valence electrons. The largest absolute Gasteiger partial charge is 0.486 e. The van der Waals surface area contributed by atoms with Crippen LogP contribution in [-0.4, -0.2) is 29.0 Å². The SMILES string of the molecule is O=C(Cc1ncccn1)c1ccc2c(c1)OCCO2. The van der Waals surface area contributed by atoms with Gasteiger partial charge in [-0.3, -0.25) is 4.79 Å². The summed E-state index contributed by atoms with van der Waals surface area (Å²) in [4.78, 5) is 20.2. The highest BCUT2D eigenvalue weighted by Crippen LogP contribution is 2.30. The highest BCUT2D eigenvalue weighted by Gasteiger charge is 2.15. The molecule has 1 aliphatic heterocycles. The van der Waals surface area contributed by atoms with E-state index in [0.29, 0.717) is 36.1 Å². The smallest absolute Gasteiger partial charge is 0.170 e. The van der Waals surface area contributed by atoms with E-state index in [9.17, 15) is 4.79 Å². The monoisotopic (exact) mass is 256 g/mol. The summed E-state index contributed by atoms with van der Waals surface area (Å²) in [5.74, 6) is 1.77. The zero-order valence-electron chi connectivity index (χ0n) is 10.2. The van der Waals surface area contributed by atoms with Crippen LogP contribution < -0.4 is 9.47 Å². The lowest BCUT2D eigenvalue weighted by Crippen LogP contribution is -2.16. The van der Waals surface area contributed by atoms with Gasteiger partial charge in [0.15, 0.2) is 17.3 Å². The van der Waals surface area contributed by atoms with Crippen LogP contribution >= 0.6 is 0 Å². The normalized spacial score (nSPS) is 13.1. The minimum absolute atomic E-state index is 0.0387. The van der Waals surface area contributed by atoms with Gasteiger partial charge < -0.3 is 9.47 Å². The van der Waals surface area contributed by atoms with Gasteiger partial charge >= 0.3 is 0 Å². The van der Waals surface area contributed by atoms with Crippen LogP contribution in [0.1, 0.15) is 16.2 Å². The average Bonchev–Trinajstić information content (AvgIpc) is 2.48. The van der Waals surface area contributed by atoms with E-state index < -0.39 is 0 Å². The second-order valence-corrected chi connectivity index (χ2v) is 4.12. The molecule has 3 rings (SSSR count). The summed E-state index contributed by atoms with van der Waals surface area (Å²) in [5.41, 5.74) is 0.580. The van der Waals surface area contributed by atoms with E-state index in [1.165, 1.54) is 0 Å². The van der Waals surface area contributed by atoms with E-state index in [-0.39, 0.29) is 12.2 Å². The molecule has 1 aromatic carbocycles. The number of hydrogen-bond donors (Lipinski definition) is 0. The van der Waals surface area contributed by atoms with Crippen molar-refractivity contribution in [2.75, 3.05) is 13.2 Å². The molecular weight excluding hydrogens is 244 g/mol. The van der Waals surface area contributed by atoms with Gasteiger partial charge in [-0.15, -0.1) is 0 Å². The lowest BCUT2D eigenvalue weighted by atomic mass is 10.1. The van der Waals surface area contributed by atoms with Gasteiger partial charge in [0.1, 0.15) is 19.0 Å². The molecule has 19 heavy (non-hydrogen) atoms. The minimum atomic E-state index is -0.0387. The molecule has 0 N–H and O–H groups in total. The zero-order chi connectivity index (χ0) is 13.1. The summed E-state index contributed by atoms with van der Waals surface area (Å²) in [5, 5.41) is 0. The van der Waals surface area contributed by atoms with Crippen molar-refractivity contribution in [3.05, 3.63) is 48.0 Å². The van der Waals surface area contributed by atoms with Crippen LogP contribution in [0.3, 0.4) is 0 Å². The number of Topliss-reactive ketones (excluding diaryl/α,β-unsaturated/α-hetero) is 1. The van der Waals surface area contributed by atoms with Crippen molar-refractivity contribution >= 4 is 5.78 Å². The number of ether oxygens (including phenoxy) is 2. The van der Waals surface area contributed by atoms with Crippen LogP contribution in [0.5, 0.6) is 11.5 Å². The topological polar surface area (TPSA) is 61.3 Å². The number of carbonyl (C=O) groups is 1. The third-order valence-electron chi connectivity index (χ3n) is 2.80. The van der Waals surface area contributed by atoms with Crippen molar-refractivity contribution in [1.82, 2.24) is 9.97 Å². The Balaban J connectivity index is 1.80. The Kier molecular flexibility index (Phi) is 3.10. The Morgan fingerprint density at radius 2 is 1.84 bits per heavy atom. The van der Waals surface area contributed by atoms with Crippen LogP contribution in [-0.2, 0) is 6.42 Å². The molecule has 0 atom stereocenters. The maximum absolute atomic E-state index is 12.1. The quantitative estimate of drug-likeness (QED) is 0.782. The molecule has 0 radical (unpaired) electrons. The predicted octanol–water partition coefficient (Wildman–Crippen LogP) is 1.67. The number of hydrogen-bond acceptors (Lipinski definition) is 5. The van der Waals surface area contributed by atoms with Gasteiger partial charge in [-0.1, -0.05) is 0 Å². The fourth-order valence-electron chi connectivity index (χ4n) is 1.88. The molecule has 1 aromatic heterocycles. The van der Waals surface area contributed by atoms with Gasteiger partial charge in [0, 0.05) is 18.0 Å². The number of nitrogens with zero attached hydrogens (tertiary/aromatic N) is 2. The number of carbonyl (C=O) groups excluding carboxylic acids is 1. The highest BCUT2D eigenvalue weighted by atomic mass is 16.6. The van der Waals surface area contributed by atoms with Crippen LogP contribution in [0.4, 0.5) is 0 Å². The maximum Gasteiger partial charge on any atom is 0.170 e. The summed E-state index contributed by atoms with van der Waals surface area (Å²) in [6.45, 7) is 1.05. The first-order valence-electron chi connectivity index (χ1n) is 6.02. The van der Waals surface area contributed by atoms with Gasteiger partial charge in [0.2, 0.25) is 0 Å². The summed E-state index contributed by atoms with van der Waals surface area (Å²) in [6.07, 6.45) is 3.43. The van der Waals surface area contributed by atoms with E-state index in [0.717, 1.165) is 0 Å². The molecule has 0 bridgehead atoms. The second kappa shape index (κ2) is 5.06. The van der Waals surface area contributed by atoms with E-state index >= 15 is 0 Å². The summed E-state index contributed by atoms with van der Waals surface area (Å²) < 4.78 is 10.9. The van der Waals surface area contributed by atoms with E-state index in [4.69, 9.17) is 9.47 Å². The lowest BCUT2D eigenvalue weighted by molar-refractivity contribution is 0.0989. The molecule has 1 aliphatic rings. The van der Waals surface area contributed by atoms with Crippen molar-refractivity contribution in [3.63, 3.8) is 0 Å². The molecule has 0 spiro atoms. The van der Waals surface area contributed by atoms with Gasteiger partial charge in [0.25, 0.3) is 0 Å². The molecule has 2 heterocycles. The Labute approximate surface area is 110 Å². The third-order valence-corrected chi connectivity index (χ3v) is 2.80. The summed E-state index contributed by atoms with van der Waals surface area (Å²) in [6, 6.07) is 6.92.